The molecule has 1 aliphatic rings. The van der Waals surface area contributed by atoms with E-state index >= 15 is 0 Å². The van der Waals surface area contributed by atoms with E-state index in [1.807, 2.05) is 23.1 Å². The van der Waals surface area contributed by atoms with Crippen molar-refractivity contribution < 1.29 is 14.6 Å². The molecule has 5 nitrogen and oxygen atoms in total. The molecule has 0 saturated carbocycles. The van der Waals surface area contributed by atoms with Crippen molar-refractivity contribution in [3.63, 3.8) is 0 Å². The summed E-state index contributed by atoms with van der Waals surface area (Å²) in [4.78, 5) is 16.3. The molecule has 0 aliphatic carbocycles. The lowest BCUT2D eigenvalue weighted by Crippen LogP contribution is -2.50. The van der Waals surface area contributed by atoms with Crippen molar-refractivity contribution in [1.82, 2.24) is 9.80 Å². The van der Waals surface area contributed by atoms with Crippen LogP contribution in [0.3, 0.4) is 0 Å². The van der Waals surface area contributed by atoms with Crippen LogP contribution in [0.15, 0.2) is 24.3 Å². The minimum atomic E-state index is 0.0348. The van der Waals surface area contributed by atoms with Gasteiger partial charge in [0, 0.05) is 32.7 Å². The molecule has 1 aromatic rings. The molecule has 1 heterocycles. The first-order chi connectivity index (χ1) is 11.2. The smallest absolute Gasteiger partial charge is 0.260 e. The first-order valence-corrected chi connectivity index (χ1v) is 8.48. The van der Waals surface area contributed by atoms with Gasteiger partial charge in [-0.15, -0.1) is 0 Å². The molecule has 0 radical (unpaired) electrons. The van der Waals surface area contributed by atoms with E-state index in [1.165, 1.54) is 0 Å². The van der Waals surface area contributed by atoms with Crippen LogP contribution < -0.4 is 4.74 Å². The van der Waals surface area contributed by atoms with Crippen LogP contribution in [-0.4, -0.2) is 66.8 Å². The molecule has 1 saturated heterocycles. The average molecular weight is 320 g/mol. The Hall–Kier alpha value is -1.59. The summed E-state index contributed by atoms with van der Waals surface area (Å²) in [5.41, 5.74) is 1.16. The van der Waals surface area contributed by atoms with E-state index < -0.39 is 0 Å². The Morgan fingerprint density at radius 2 is 1.96 bits per heavy atom. The number of carbonyl (C=O) groups excluding carboxylic acids is 1. The van der Waals surface area contributed by atoms with Crippen molar-refractivity contribution >= 4 is 5.91 Å². The van der Waals surface area contributed by atoms with E-state index in [0.29, 0.717) is 25.6 Å². The Kier molecular flexibility index (Phi) is 6.86. The molecule has 1 unspecified atom stereocenters. The molecular weight excluding hydrogens is 292 g/mol. The molecular formula is C18H28N2O3. The number of aliphatic hydroxyl groups excluding tert-OH is 1. The maximum Gasteiger partial charge on any atom is 0.260 e. The maximum absolute atomic E-state index is 12.3. The lowest BCUT2D eigenvalue weighted by atomic mass is 9.98. The SMILES string of the molecule is CCC(C)c1ccccc1OCC(=O)N1CCN(CCO)CC1. The second-order valence-electron chi connectivity index (χ2n) is 6.08. The molecule has 0 spiro atoms. The van der Waals surface area contributed by atoms with Gasteiger partial charge in [0.25, 0.3) is 5.91 Å². The Morgan fingerprint density at radius 1 is 1.26 bits per heavy atom. The highest BCUT2D eigenvalue weighted by Crippen LogP contribution is 2.28. The highest BCUT2D eigenvalue weighted by atomic mass is 16.5. The maximum atomic E-state index is 12.3. The number of piperazine rings is 1. The van der Waals surface area contributed by atoms with E-state index in [0.717, 1.165) is 30.8 Å². The minimum Gasteiger partial charge on any atom is -0.483 e. The van der Waals surface area contributed by atoms with Gasteiger partial charge in [0.05, 0.1) is 6.61 Å². The number of hydrogen-bond acceptors (Lipinski definition) is 4. The fourth-order valence-electron chi connectivity index (χ4n) is 2.83. The van der Waals surface area contributed by atoms with Crippen LogP contribution in [0.4, 0.5) is 0 Å². The minimum absolute atomic E-state index is 0.0348. The third kappa shape index (κ3) is 4.94. The first-order valence-electron chi connectivity index (χ1n) is 8.48. The van der Waals surface area contributed by atoms with Crippen LogP contribution >= 0.6 is 0 Å². The van der Waals surface area contributed by atoms with Crippen LogP contribution in [0.2, 0.25) is 0 Å². The van der Waals surface area contributed by atoms with E-state index in [1.54, 1.807) is 0 Å². The van der Waals surface area contributed by atoms with Gasteiger partial charge in [-0.05, 0) is 24.0 Å². The summed E-state index contributed by atoms with van der Waals surface area (Å²) < 4.78 is 5.80. The Labute approximate surface area is 138 Å². The number of aliphatic hydroxyl groups is 1. The summed E-state index contributed by atoms with van der Waals surface area (Å²) >= 11 is 0. The number of carbonyl (C=O) groups is 1. The molecule has 0 bridgehead atoms. The Bertz CT molecular complexity index is 499. The summed E-state index contributed by atoms with van der Waals surface area (Å²) in [6.45, 7) is 8.30. The van der Waals surface area contributed by atoms with E-state index in [2.05, 4.69) is 24.8 Å². The van der Waals surface area contributed by atoms with Crippen LogP contribution in [0.1, 0.15) is 31.7 Å². The summed E-state index contributed by atoms with van der Waals surface area (Å²) in [5, 5.41) is 8.95. The standard InChI is InChI=1S/C18H28N2O3/c1-3-15(2)16-6-4-5-7-17(16)23-14-18(22)20-10-8-19(9-11-20)12-13-21/h4-7,15,21H,3,8-14H2,1-2H3. The second kappa shape index (κ2) is 8.89. The van der Waals surface area contributed by atoms with Crippen molar-refractivity contribution in [2.75, 3.05) is 45.9 Å². The molecule has 1 atom stereocenters. The molecule has 1 N–H and O–H groups in total. The van der Waals surface area contributed by atoms with E-state index in [9.17, 15) is 4.79 Å². The number of ether oxygens (including phenoxy) is 1. The summed E-state index contributed by atoms with van der Waals surface area (Å²) in [6.07, 6.45) is 1.04. The zero-order valence-corrected chi connectivity index (χ0v) is 14.2. The number of amides is 1. The largest absolute Gasteiger partial charge is 0.483 e. The molecule has 1 aliphatic heterocycles. The van der Waals surface area contributed by atoms with Gasteiger partial charge in [-0.3, -0.25) is 9.69 Å². The second-order valence-corrected chi connectivity index (χ2v) is 6.08. The van der Waals surface area contributed by atoms with Gasteiger partial charge in [0.15, 0.2) is 6.61 Å². The summed E-state index contributed by atoms with van der Waals surface area (Å²) in [6, 6.07) is 7.96. The number of hydrogen-bond donors (Lipinski definition) is 1. The molecule has 2 rings (SSSR count). The quantitative estimate of drug-likeness (QED) is 0.831. The zero-order valence-electron chi connectivity index (χ0n) is 14.2. The molecule has 128 valence electrons. The van der Waals surface area contributed by atoms with E-state index in [-0.39, 0.29) is 19.1 Å². The lowest BCUT2D eigenvalue weighted by molar-refractivity contribution is -0.135. The van der Waals surface area contributed by atoms with Crippen LogP contribution in [-0.2, 0) is 4.79 Å². The third-order valence-corrected chi connectivity index (χ3v) is 4.55. The lowest BCUT2D eigenvalue weighted by Gasteiger charge is -2.34. The van der Waals surface area contributed by atoms with E-state index in [4.69, 9.17) is 9.84 Å². The fraction of sp³-hybridized carbons (Fsp3) is 0.611. The fourth-order valence-corrected chi connectivity index (χ4v) is 2.83. The van der Waals surface area contributed by atoms with Gasteiger partial charge in [0.1, 0.15) is 5.75 Å². The van der Waals surface area contributed by atoms with Crippen molar-refractivity contribution in [2.45, 2.75) is 26.2 Å². The van der Waals surface area contributed by atoms with Crippen molar-refractivity contribution in [3.05, 3.63) is 29.8 Å². The first kappa shape index (κ1) is 17.8. The predicted octanol–water partition coefficient (Wildman–Crippen LogP) is 1.72. The van der Waals surface area contributed by atoms with Gasteiger partial charge in [0.2, 0.25) is 0 Å². The monoisotopic (exact) mass is 320 g/mol. The van der Waals surface area contributed by atoms with Gasteiger partial charge < -0.3 is 14.7 Å². The Morgan fingerprint density at radius 3 is 2.61 bits per heavy atom. The van der Waals surface area contributed by atoms with Crippen molar-refractivity contribution in [3.8, 4) is 5.75 Å². The molecule has 5 heteroatoms. The zero-order chi connectivity index (χ0) is 16.7. The highest BCUT2D eigenvalue weighted by Gasteiger charge is 2.21. The van der Waals surface area contributed by atoms with Gasteiger partial charge in [-0.25, -0.2) is 0 Å². The normalized spacial score (nSPS) is 17.1. The number of rotatable bonds is 7. The number of nitrogens with zero attached hydrogens (tertiary/aromatic N) is 2. The molecule has 1 aromatic carbocycles. The predicted molar refractivity (Wildman–Crippen MR) is 90.7 cm³/mol. The number of benzene rings is 1. The number of β-amino-alcohol motifs (C(OH)–C–C–N with tert-alkyl or cyclic N) is 1. The summed E-state index contributed by atoms with van der Waals surface area (Å²) in [7, 11) is 0. The van der Waals surface area contributed by atoms with Crippen LogP contribution in [0.5, 0.6) is 5.75 Å². The third-order valence-electron chi connectivity index (χ3n) is 4.55. The molecule has 0 aromatic heterocycles. The van der Waals surface area contributed by atoms with Crippen LogP contribution in [0, 0.1) is 0 Å². The Balaban J connectivity index is 1.86. The van der Waals surface area contributed by atoms with Crippen molar-refractivity contribution in [1.29, 1.82) is 0 Å². The highest BCUT2D eigenvalue weighted by molar-refractivity contribution is 5.78. The number of para-hydroxylation sites is 1. The van der Waals surface area contributed by atoms with Crippen molar-refractivity contribution in [2.24, 2.45) is 0 Å². The molecule has 1 amide bonds. The average Bonchev–Trinajstić information content (AvgIpc) is 2.60. The topological polar surface area (TPSA) is 53.0 Å². The summed E-state index contributed by atoms with van der Waals surface area (Å²) in [5.74, 6) is 1.27. The molecule has 1 fully saturated rings. The van der Waals surface area contributed by atoms with Crippen LogP contribution in [0.25, 0.3) is 0 Å². The molecule has 23 heavy (non-hydrogen) atoms. The van der Waals surface area contributed by atoms with Gasteiger partial charge in [-0.2, -0.15) is 0 Å². The van der Waals surface area contributed by atoms with Gasteiger partial charge >= 0.3 is 0 Å². The van der Waals surface area contributed by atoms with Gasteiger partial charge in [-0.1, -0.05) is 32.0 Å².